The summed E-state index contributed by atoms with van der Waals surface area (Å²) < 4.78 is 5.39. The number of benzene rings is 2. The van der Waals surface area contributed by atoms with E-state index in [9.17, 15) is 19.5 Å². The van der Waals surface area contributed by atoms with Crippen LogP contribution in [0.4, 0.5) is 0 Å². The van der Waals surface area contributed by atoms with Gasteiger partial charge in [0.25, 0.3) is 0 Å². The number of Topliss-reactive ketones (excluding diaryl/α,β-unsaturated/α-hetero) is 1. The van der Waals surface area contributed by atoms with Crippen molar-refractivity contribution in [2.24, 2.45) is 5.41 Å². The van der Waals surface area contributed by atoms with Gasteiger partial charge >= 0.3 is 11.9 Å². The predicted molar refractivity (Wildman–Crippen MR) is 89.7 cm³/mol. The number of carbonyl (C=O) groups is 3. The van der Waals surface area contributed by atoms with Gasteiger partial charge in [-0.15, -0.1) is 0 Å². The van der Waals surface area contributed by atoms with Crippen molar-refractivity contribution in [2.45, 2.75) is 25.4 Å². The Balaban J connectivity index is 1.82. The van der Waals surface area contributed by atoms with Crippen molar-refractivity contribution in [3.05, 3.63) is 71.8 Å². The molecule has 0 heterocycles. The molecule has 2 aromatic carbocycles. The van der Waals surface area contributed by atoms with E-state index in [2.05, 4.69) is 0 Å². The van der Waals surface area contributed by atoms with Gasteiger partial charge in [-0.25, -0.2) is 0 Å². The lowest BCUT2D eigenvalue weighted by Crippen LogP contribution is -2.31. The number of carbonyl (C=O) groups excluding carboxylic acids is 2. The molecule has 0 bridgehead atoms. The molecule has 0 spiro atoms. The molecular weight excluding hydrogens is 320 g/mol. The summed E-state index contributed by atoms with van der Waals surface area (Å²) >= 11 is 0. The third-order valence-corrected chi connectivity index (χ3v) is 4.39. The van der Waals surface area contributed by atoms with Crippen molar-refractivity contribution < 1.29 is 24.2 Å². The number of carboxylic acid groups (broad SMARTS) is 1. The van der Waals surface area contributed by atoms with E-state index < -0.39 is 23.5 Å². The summed E-state index contributed by atoms with van der Waals surface area (Å²) in [5.41, 5.74) is -0.137. The van der Waals surface area contributed by atoms with Crippen LogP contribution in [0.15, 0.2) is 60.7 Å². The van der Waals surface area contributed by atoms with Gasteiger partial charge in [-0.1, -0.05) is 60.7 Å². The van der Waals surface area contributed by atoms with Gasteiger partial charge in [0.15, 0.2) is 17.3 Å². The van der Waals surface area contributed by atoms with Crippen LogP contribution in [0.3, 0.4) is 0 Å². The fraction of sp³-hybridized carbons (Fsp3) is 0.250. The van der Waals surface area contributed by atoms with Gasteiger partial charge in [0.1, 0.15) is 0 Å². The largest absolute Gasteiger partial charge is 0.480 e. The second-order valence-electron chi connectivity index (χ2n) is 6.21. The number of carboxylic acids is 1. The minimum absolute atomic E-state index is 0.105. The lowest BCUT2D eigenvalue weighted by molar-refractivity contribution is -0.168. The van der Waals surface area contributed by atoms with E-state index in [4.69, 9.17) is 4.74 Å². The summed E-state index contributed by atoms with van der Waals surface area (Å²) in [5, 5.41) is 9.25. The van der Waals surface area contributed by atoms with Crippen LogP contribution in [-0.4, -0.2) is 22.8 Å². The molecule has 1 unspecified atom stereocenters. The lowest BCUT2D eigenvalue weighted by atomic mass is 9.99. The van der Waals surface area contributed by atoms with E-state index in [-0.39, 0.29) is 25.0 Å². The van der Waals surface area contributed by atoms with Gasteiger partial charge in [-0.05, 0) is 24.0 Å². The molecular formula is C20H18O5. The highest BCUT2D eigenvalue weighted by molar-refractivity contribution is 6.03. The second-order valence-corrected chi connectivity index (χ2v) is 6.21. The molecule has 1 fully saturated rings. The van der Waals surface area contributed by atoms with Crippen molar-refractivity contribution in [1.29, 1.82) is 0 Å². The smallest absolute Gasteiger partial charge is 0.324 e. The Kier molecular flexibility index (Phi) is 4.65. The fourth-order valence-corrected chi connectivity index (χ4v) is 2.69. The molecule has 1 aliphatic carbocycles. The monoisotopic (exact) mass is 338 g/mol. The summed E-state index contributed by atoms with van der Waals surface area (Å²) in [6.45, 7) is 0. The van der Waals surface area contributed by atoms with E-state index in [1.807, 2.05) is 30.3 Å². The normalized spacial score (nSPS) is 15.8. The molecule has 25 heavy (non-hydrogen) atoms. The Labute approximate surface area is 145 Å². The molecule has 3 rings (SSSR count). The van der Waals surface area contributed by atoms with Crippen LogP contribution in [0.1, 0.15) is 30.1 Å². The molecule has 1 saturated carbocycles. The highest BCUT2D eigenvalue weighted by Gasteiger charge is 2.59. The van der Waals surface area contributed by atoms with Crippen LogP contribution < -0.4 is 0 Å². The van der Waals surface area contributed by atoms with E-state index in [1.54, 1.807) is 30.3 Å². The van der Waals surface area contributed by atoms with Crippen molar-refractivity contribution in [1.82, 2.24) is 0 Å². The molecule has 1 aliphatic rings. The summed E-state index contributed by atoms with van der Waals surface area (Å²) in [6.07, 6.45) is -0.510. The maximum Gasteiger partial charge on any atom is 0.324 e. The topological polar surface area (TPSA) is 80.7 Å². The third-order valence-electron chi connectivity index (χ3n) is 4.39. The zero-order valence-corrected chi connectivity index (χ0v) is 13.6. The number of aliphatic carboxylic acids is 1. The van der Waals surface area contributed by atoms with E-state index >= 15 is 0 Å². The van der Waals surface area contributed by atoms with Crippen LogP contribution in [0.25, 0.3) is 0 Å². The molecule has 1 N–H and O–H groups in total. The summed E-state index contributed by atoms with van der Waals surface area (Å²) in [5.74, 6) is -2.32. The van der Waals surface area contributed by atoms with Gasteiger partial charge in [0.05, 0.1) is 0 Å². The van der Waals surface area contributed by atoms with E-state index in [0.717, 1.165) is 5.56 Å². The fourth-order valence-electron chi connectivity index (χ4n) is 2.69. The van der Waals surface area contributed by atoms with Crippen LogP contribution in [0.2, 0.25) is 0 Å². The Morgan fingerprint density at radius 1 is 0.960 bits per heavy atom. The first-order valence-corrected chi connectivity index (χ1v) is 8.09. The van der Waals surface area contributed by atoms with Gasteiger partial charge in [-0.3, -0.25) is 14.4 Å². The van der Waals surface area contributed by atoms with Crippen LogP contribution in [-0.2, 0) is 25.5 Å². The van der Waals surface area contributed by atoms with Crippen LogP contribution >= 0.6 is 0 Å². The SMILES string of the molecule is O=C(Cc1ccccc1)C(OC(=O)C1(C(=O)O)CC1)c1ccccc1. The first-order valence-electron chi connectivity index (χ1n) is 8.09. The highest BCUT2D eigenvalue weighted by atomic mass is 16.6. The molecule has 0 aliphatic heterocycles. The Morgan fingerprint density at radius 3 is 2.04 bits per heavy atom. The molecule has 2 aromatic rings. The predicted octanol–water partition coefficient (Wildman–Crippen LogP) is 2.95. The van der Waals surface area contributed by atoms with Gasteiger partial charge < -0.3 is 9.84 Å². The number of hydrogen-bond donors (Lipinski definition) is 1. The van der Waals surface area contributed by atoms with Crippen LogP contribution in [0, 0.1) is 5.41 Å². The van der Waals surface area contributed by atoms with E-state index in [0.29, 0.717) is 5.56 Å². The minimum Gasteiger partial charge on any atom is -0.480 e. The second kappa shape index (κ2) is 6.89. The Morgan fingerprint density at radius 2 is 1.52 bits per heavy atom. The maximum absolute atomic E-state index is 12.7. The van der Waals surface area contributed by atoms with Crippen LogP contribution in [0.5, 0.6) is 0 Å². The zero-order valence-electron chi connectivity index (χ0n) is 13.6. The zero-order chi connectivity index (χ0) is 17.9. The molecule has 5 nitrogen and oxygen atoms in total. The molecule has 0 amide bonds. The number of esters is 1. The molecule has 0 radical (unpaired) electrons. The Hall–Kier alpha value is -2.95. The minimum atomic E-state index is -1.49. The lowest BCUT2D eigenvalue weighted by Gasteiger charge is -2.19. The molecule has 0 saturated heterocycles. The first-order chi connectivity index (χ1) is 12.0. The van der Waals surface area contributed by atoms with Crippen molar-refractivity contribution in [2.75, 3.05) is 0 Å². The average molecular weight is 338 g/mol. The van der Waals surface area contributed by atoms with E-state index in [1.165, 1.54) is 0 Å². The summed E-state index contributed by atoms with van der Waals surface area (Å²) in [4.78, 5) is 36.4. The van der Waals surface area contributed by atoms with Gasteiger partial charge in [0.2, 0.25) is 0 Å². The first kappa shape index (κ1) is 16.9. The number of rotatable bonds is 7. The standard InChI is InChI=1S/C20H18O5/c21-16(13-14-7-3-1-4-8-14)17(15-9-5-2-6-10-15)25-19(24)20(11-12-20)18(22)23/h1-10,17H,11-13H2,(H,22,23). The van der Waals surface area contributed by atoms with Crippen molar-refractivity contribution in [3.8, 4) is 0 Å². The molecule has 0 aromatic heterocycles. The van der Waals surface area contributed by atoms with Gasteiger partial charge in [-0.2, -0.15) is 0 Å². The Bertz CT molecular complexity index is 778. The maximum atomic E-state index is 12.7. The summed E-state index contributed by atoms with van der Waals surface area (Å²) in [6, 6.07) is 17.8. The molecule has 128 valence electrons. The molecule has 5 heteroatoms. The van der Waals surface area contributed by atoms with Crippen molar-refractivity contribution >= 4 is 17.7 Å². The number of hydrogen-bond acceptors (Lipinski definition) is 4. The third kappa shape index (κ3) is 3.60. The number of ketones is 1. The number of ether oxygens (including phenoxy) is 1. The molecule has 1 atom stereocenters. The average Bonchev–Trinajstić information content (AvgIpc) is 3.43. The highest BCUT2D eigenvalue weighted by Crippen LogP contribution is 2.48. The van der Waals surface area contributed by atoms with Crippen molar-refractivity contribution in [3.63, 3.8) is 0 Å². The quantitative estimate of drug-likeness (QED) is 0.620. The summed E-state index contributed by atoms with van der Waals surface area (Å²) in [7, 11) is 0. The van der Waals surface area contributed by atoms with Gasteiger partial charge in [0, 0.05) is 6.42 Å².